The van der Waals surface area contributed by atoms with Gasteiger partial charge in [0.25, 0.3) is 0 Å². The first-order valence-corrected chi connectivity index (χ1v) is 19.0. The highest BCUT2D eigenvalue weighted by atomic mass is 16.6. The Bertz CT molecular complexity index is 2070. The summed E-state index contributed by atoms with van der Waals surface area (Å²) in [5.74, 6) is 0.0375. The Morgan fingerprint density at radius 3 is 2.03 bits per heavy atom. The van der Waals surface area contributed by atoms with Crippen molar-refractivity contribution in [2.75, 3.05) is 86.4 Å². The zero-order chi connectivity index (χ0) is 41.2. The molecule has 0 saturated carbocycles. The molecule has 0 N–H and O–H groups in total. The highest BCUT2D eigenvalue weighted by Gasteiger charge is 2.22. The molecule has 1 aliphatic heterocycles. The smallest absolute Gasteiger partial charge is 0.338 e. The summed E-state index contributed by atoms with van der Waals surface area (Å²) >= 11 is 0. The van der Waals surface area contributed by atoms with Gasteiger partial charge < -0.3 is 47.0 Å². The molecule has 0 atom stereocenters. The van der Waals surface area contributed by atoms with Crippen molar-refractivity contribution < 1.29 is 56.6 Å². The summed E-state index contributed by atoms with van der Waals surface area (Å²) in [7, 11) is 1.34. The van der Waals surface area contributed by atoms with Gasteiger partial charge in [0.15, 0.2) is 5.43 Å². The summed E-state index contributed by atoms with van der Waals surface area (Å²) in [5.41, 5.74) is 2.85. The Morgan fingerprint density at radius 2 is 1.38 bits per heavy atom. The molecule has 0 saturated heterocycles. The number of methoxy groups -OCH3 is 1. The zero-order valence-electron chi connectivity index (χ0n) is 33.4. The van der Waals surface area contributed by atoms with Gasteiger partial charge in [-0.3, -0.25) is 4.79 Å². The van der Waals surface area contributed by atoms with Gasteiger partial charge in [-0.15, -0.1) is 5.10 Å². The first kappa shape index (κ1) is 43.9. The topological polar surface area (TPSA) is 178 Å². The molecule has 0 fully saturated rings. The van der Waals surface area contributed by atoms with E-state index in [-0.39, 0.29) is 18.6 Å². The van der Waals surface area contributed by atoms with Crippen molar-refractivity contribution in [3.05, 3.63) is 88.3 Å². The van der Waals surface area contributed by atoms with Crippen LogP contribution in [0.15, 0.2) is 76.1 Å². The summed E-state index contributed by atoms with van der Waals surface area (Å²) in [6.07, 6.45) is 1.79. The van der Waals surface area contributed by atoms with E-state index in [1.165, 1.54) is 19.2 Å². The second kappa shape index (κ2) is 22.6. The number of nitrogens with zero attached hydrogens (tertiary/aromatic N) is 3. The maximum absolute atomic E-state index is 12.7. The second-order valence-corrected chi connectivity index (χ2v) is 13.8. The summed E-state index contributed by atoms with van der Waals surface area (Å²) < 4.78 is 56.9. The molecule has 2 aromatic carbocycles. The molecule has 58 heavy (non-hydrogen) atoms. The number of fused-ring (bicyclic) bond motifs is 2. The predicted octanol–water partition coefficient (Wildman–Crippen LogP) is 4.96. The van der Waals surface area contributed by atoms with Crippen molar-refractivity contribution >= 4 is 22.9 Å². The third-order valence-electron chi connectivity index (χ3n) is 8.20. The van der Waals surface area contributed by atoms with E-state index in [4.69, 9.17) is 47.0 Å². The molecule has 2 aliphatic rings. The molecule has 16 heteroatoms. The largest absolute Gasteiger partial charge is 0.487 e. The quantitative estimate of drug-likeness (QED) is 0.0439. The van der Waals surface area contributed by atoms with Crippen LogP contribution in [-0.4, -0.2) is 119 Å². The average molecular weight is 806 g/mol. The molecule has 2 heterocycles. The van der Waals surface area contributed by atoms with Crippen LogP contribution in [0.2, 0.25) is 0 Å². The number of carbonyl (C=O) groups excluding carboxylic acids is 2. The number of hydrogen-bond donors (Lipinski definition) is 0. The Hall–Kier alpha value is -5.23. The summed E-state index contributed by atoms with van der Waals surface area (Å²) in [6.45, 7) is 10.5. The third kappa shape index (κ3) is 14.0. The lowest BCUT2D eigenvalue weighted by Gasteiger charge is -2.19. The Balaban J connectivity index is 0.935. The van der Waals surface area contributed by atoms with Gasteiger partial charge >= 0.3 is 11.9 Å². The highest BCUT2D eigenvalue weighted by molar-refractivity contribution is 6.07. The van der Waals surface area contributed by atoms with Crippen LogP contribution in [0.4, 0.5) is 0 Å². The van der Waals surface area contributed by atoms with Crippen LogP contribution in [0, 0.1) is 0 Å². The van der Waals surface area contributed by atoms with Crippen molar-refractivity contribution in [3.63, 3.8) is 0 Å². The van der Waals surface area contributed by atoms with Gasteiger partial charge in [-0.1, -0.05) is 23.4 Å². The molecule has 0 radical (unpaired) electrons. The van der Waals surface area contributed by atoms with Gasteiger partial charge in [0, 0.05) is 28.6 Å². The molecule has 1 aliphatic carbocycles. The average Bonchev–Trinajstić information content (AvgIpc) is 3.66. The van der Waals surface area contributed by atoms with Gasteiger partial charge in [-0.05, 0) is 56.7 Å². The van der Waals surface area contributed by atoms with E-state index in [1.54, 1.807) is 55.9 Å². The van der Waals surface area contributed by atoms with E-state index in [1.807, 2.05) is 24.3 Å². The minimum Gasteiger partial charge on any atom is -0.487 e. The van der Waals surface area contributed by atoms with Crippen molar-refractivity contribution in [2.24, 2.45) is 0 Å². The molecule has 0 amide bonds. The Labute approximate surface area is 336 Å². The van der Waals surface area contributed by atoms with E-state index in [0.717, 1.165) is 10.9 Å². The molecular formula is C42H51N3O13. The van der Waals surface area contributed by atoms with Crippen molar-refractivity contribution in [1.29, 1.82) is 0 Å². The summed E-state index contributed by atoms with van der Waals surface area (Å²) in [6, 6.07) is 17.2. The van der Waals surface area contributed by atoms with Crippen molar-refractivity contribution in [3.8, 4) is 28.2 Å². The molecule has 0 unspecified atom stereocenters. The number of hydrogen-bond acceptors (Lipinski definition) is 15. The van der Waals surface area contributed by atoms with Crippen LogP contribution in [0.1, 0.15) is 36.8 Å². The van der Waals surface area contributed by atoms with Crippen LogP contribution in [0.25, 0.3) is 33.4 Å². The second-order valence-electron chi connectivity index (χ2n) is 13.8. The van der Waals surface area contributed by atoms with Gasteiger partial charge in [0.05, 0.1) is 98.1 Å². The fourth-order valence-corrected chi connectivity index (χ4v) is 5.68. The van der Waals surface area contributed by atoms with E-state index in [9.17, 15) is 14.4 Å². The van der Waals surface area contributed by atoms with Crippen molar-refractivity contribution in [2.45, 2.75) is 39.5 Å². The Kier molecular flexibility index (Phi) is 17.1. The van der Waals surface area contributed by atoms with Crippen LogP contribution in [-0.2, 0) is 55.8 Å². The SMILES string of the molecule is COC(=O)c1ccccc1-c1c2ccc(=O)cc-2oc2cc(OCc3cn(CCOCCOCCOCCOCCOCCOCC(=O)OC(C)(C)C)nn3)ccc12. The van der Waals surface area contributed by atoms with Crippen LogP contribution >= 0.6 is 0 Å². The van der Waals surface area contributed by atoms with Crippen molar-refractivity contribution in [1.82, 2.24) is 15.0 Å². The first-order valence-electron chi connectivity index (χ1n) is 19.0. The van der Waals surface area contributed by atoms with Crippen LogP contribution in [0.3, 0.4) is 0 Å². The molecule has 0 bridgehead atoms. The molecule has 16 nitrogen and oxygen atoms in total. The fraction of sp³-hybridized carbons (Fsp3) is 0.452. The minimum absolute atomic E-state index is 0.0999. The maximum Gasteiger partial charge on any atom is 0.338 e. The van der Waals surface area contributed by atoms with E-state index < -0.39 is 17.5 Å². The zero-order valence-corrected chi connectivity index (χ0v) is 33.4. The van der Waals surface area contributed by atoms with Gasteiger partial charge in [0.2, 0.25) is 0 Å². The molecule has 3 aromatic rings. The minimum atomic E-state index is -0.528. The van der Waals surface area contributed by atoms with Gasteiger partial charge in [-0.25, -0.2) is 14.3 Å². The van der Waals surface area contributed by atoms with Gasteiger partial charge in [-0.2, -0.15) is 0 Å². The number of aromatic nitrogens is 3. The maximum atomic E-state index is 12.7. The lowest BCUT2D eigenvalue weighted by atomic mass is 9.91. The fourth-order valence-electron chi connectivity index (χ4n) is 5.68. The predicted molar refractivity (Wildman–Crippen MR) is 211 cm³/mol. The Morgan fingerprint density at radius 1 is 0.741 bits per heavy atom. The van der Waals surface area contributed by atoms with Crippen LogP contribution in [0.5, 0.6) is 5.75 Å². The molecule has 312 valence electrons. The standard InChI is InChI=1S/C42H51N3O13/c1-42(2,3)58-39(47)29-55-24-23-54-22-21-53-20-19-52-18-17-51-16-15-50-14-13-45-27-30(43-44-45)28-56-32-10-12-36-38(26-32)57-37-25-31(46)9-11-35(37)40(36)33-7-5-6-8-34(33)41(48)49-4/h5-12,25-27H,13-24,28-29H2,1-4H3. The number of ether oxygens (including phenoxy) is 9. The monoisotopic (exact) mass is 805 g/mol. The first-order chi connectivity index (χ1) is 28.1. The highest BCUT2D eigenvalue weighted by Crippen LogP contribution is 2.42. The number of rotatable bonds is 25. The summed E-state index contributed by atoms with van der Waals surface area (Å²) in [5, 5.41) is 9.10. The molecule has 0 spiro atoms. The van der Waals surface area contributed by atoms with Crippen LogP contribution < -0.4 is 10.2 Å². The van der Waals surface area contributed by atoms with E-state index >= 15 is 0 Å². The number of carbonyl (C=O) groups is 2. The lowest BCUT2D eigenvalue weighted by Crippen LogP contribution is -2.27. The van der Waals surface area contributed by atoms with Gasteiger partial charge in [0.1, 0.15) is 41.6 Å². The number of benzene rings is 3. The lowest BCUT2D eigenvalue weighted by molar-refractivity contribution is -0.160. The molecule has 5 rings (SSSR count). The number of esters is 2. The molecular weight excluding hydrogens is 754 g/mol. The normalized spacial score (nSPS) is 11.7. The van der Waals surface area contributed by atoms with E-state index in [2.05, 4.69) is 10.3 Å². The summed E-state index contributed by atoms with van der Waals surface area (Å²) in [4.78, 5) is 36.5. The third-order valence-corrected chi connectivity index (χ3v) is 8.20. The van der Waals surface area contributed by atoms with E-state index in [0.29, 0.717) is 119 Å². The molecule has 1 aromatic heterocycles.